The first-order valence-corrected chi connectivity index (χ1v) is 12.4. The lowest BCUT2D eigenvalue weighted by molar-refractivity contribution is -0.157. The van der Waals surface area contributed by atoms with E-state index in [1.165, 1.54) is 51.4 Å². The molecule has 0 aromatic heterocycles. The van der Waals surface area contributed by atoms with Crippen molar-refractivity contribution in [1.29, 1.82) is 0 Å². The fourth-order valence-corrected chi connectivity index (χ4v) is 7.04. The Balaban J connectivity index is 1.21. The molecule has 0 aromatic carbocycles. The third-order valence-electron chi connectivity index (χ3n) is 9.04. The van der Waals surface area contributed by atoms with Crippen LogP contribution in [0.15, 0.2) is 0 Å². The van der Waals surface area contributed by atoms with Gasteiger partial charge in [-0.2, -0.15) is 0 Å². The molecule has 3 aliphatic carbocycles. The summed E-state index contributed by atoms with van der Waals surface area (Å²) >= 11 is 0. The van der Waals surface area contributed by atoms with Crippen LogP contribution in [0.25, 0.3) is 0 Å². The van der Waals surface area contributed by atoms with E-state index in [9.17, 15) is 8.78 Å². The van der Waals surface area contributed by atoms with Crippen LogP contribution in [0.4, 0.5) is 8.78 Å². The molecular weight excluding hydrogens is 354 g/mol. The minimum absolute atomic E-state index is 0.0780. The fourth-order valence-electron chi connectivity index (χ4n) is 7.04. The van der Waals surface area contributed by atoms with Crippen molar-refractivity contribution in [3.8, 4) is 0 Å². The second-order valence-corrected chi connectivity index (χ2v) is 11.0. The molecule has 3 saturated carbocycles. The Labute approximate surface area is 171 Å². The zero-order valence-corrected chi connectivity index (χ0v) is 18.1. The molecule has 6 unspecified atom stereocenters. The van der Waals surface area contributed by atoms with Crippen LogP contribution in [0.5, 0.6) is 0 Å². The monoisotopic (exact) mass is 396 g/mol. The topological polar surface area (TPSA) is 9.23 Å². The Morgan fingerprint density at radius 1 is 0.679 bits per heavy atom. The van der Waals surface area contributed by atoms with E-state index < -0.39 is 18.4 Å². The Morgan fingerprint density at radius 2 is 1.29 bits per heavy atom. The second-order valence-electron chi connectivity index (χ2n) is 11.0. The van der Waals surface area contributed by atoms with Gasteiger partial charge in [0.05, 0.1) is 12.2 Å². The van der Waals surface area contributed by atoms with Crippen molar-refractivity contribution in [1.82, 2.24) is 0 Å². The van der Waals surface area contributed by atoms with E-state index in [0.29, 0.717) is 0 Å². The molecule has 1 nitrogen and oxygen atoms in total. The first kappa shape index (κ1) is 21.1. The molecule has 0 amide bonds. The summed E-state index contributed by atoms with van der Waals surface area (Å²) in [6.45, 7) is 4.40. The highest BCUT2D eigenvalue weighted by Crippen LogP contribution is 2.45. The van der Waals surface area contributed by atoms with Gasteiger partial charge in [-0.1, -0.05) is 39.0 Å². The molecule has 1 heterocycles. The summed E-state index contributed by atoms with van der Waals surface area (Å²) in [5.41, 5.74) is 0. The smallest absolute Gasteiger partial charge is 0.158 e. The van der Waals surface area contributed by atoms with E-state index in [-0.39, 0.29) is 17.9 Å². The molecule has 1 aliphatic heterocycles. The lowest BCUT2D eigenvalue weighted by Gasteiger charge is -2.45. The fraction of sp³-hybridized carbons (Fsp3) is 1.00. The first-order valence-electron chi connectivity index (χ1n) is 12.4. The molecule has 4 rings (SSSR count). The molecule has 4 fully saturated rings. The SMILES string of the molecule is CC1CCC(C2CCC(CCC3CC4CCC(C)OC4C(F)C3F)CC2)CC1. The van der Waals surface area contributed by atoms with Gasteiger partial charge < -0.3 is 4.74 Å². The molecule has 4 aliphatic rings. The lowest BCUT2D eigenvalue weighted by atomic mass is 9.67. The van der Waals surface area contributed by atoms with E-state index in [4.69, 9.17) is 4.74 Å². The number of hydrogen-bond acceptors (Lipinski definition) is 1. The Morgan fingerprint density at radius 3 is 1.96 bits per heavy atom. The molecule has 6 atom stereocenters. The van der Waals surface area contributed by atoms with Gasteiger partial charge in [-0.15, -0.1) is 0 Å². The second kappa shape index (κ2) is 9.31. The van der Waals surface area contributed by atoms with Crippen LogP contribution < -0.4 is 0 Å². The van der Waals surface area contributed by atoms with Crippen molar-refractivity contribution in [2.24, 2.45) is 35.5 Å². The minimum Gasteiger partial charge on any atom is -0.372 e. The van der Waals surface area contributed by atoms with Gasteiger partial charge in [0.2, 0.25) is 0 Å². The quantitative estimate of drug-likeness (QED) is 0.485. The third kappa shape index (κ3) is 4.76. The van der Waals surface area contributed by atoms with Crippen molar-refractivity contribution in [2.45, 2.75) is 122 Å². The van der Waals surface area contributed by atoms with Crippen molar-refractivity contribution in [2.75, 3.05) is 0 Å². The molecule has 1 saturated heterocycles. The highest BCUT2D eigenvalue weighted by atomic mass is 19.2. The van der Waals surface area contributed by atoms with Crippen LogP contribution in [-0.4, -0.2) is 24.6 Å². The highest BCUT2D eigenvalue weighted by molar-refractivity contribution is 4.96. The van der Waals surface area contributed by atoms with Crippen LogP contribution in [0.2, 0.25) is 0 Å². The lowest BCUT2D eigenvalue weighted by Crippen LogP contribution is -2.51. The molecule has 0 N–H and O–H groups in total. The number of ether oxygens (including phenoxy) is 1. The number of rotatable bonds is 4. The van der Waals surface area contributed by atoms with Crippen molar-refractivity contribution < 1.29 is 13.5 Å². The minimum atomic E-state index is -1.41. The van der Waals surface area contributed by atoms with Crippen molar-refractivity contribution >= 4 is 0 Å². The zero-order chi connectivity index (χ0) is 19.7. The summed E-state index contributed by atoms with van der Waals surface area (Å²) in [6.07, 6.45) is 12.9. The average molecular weight is 397 g/mol. The maximum atomic E-state index is 14.8. The molecule has 3 heteroatoms. The molecule has 0 aromatic rings. The van der Waals surface area contributed by atoms with Crippen molar-refractivity contribution in [3.05, 3.63) is 0 Å². The van der Waals surface area contributed by atoms with Gasteiger partial charge in [0.25, 0.3) is 0 Å². The maximum Gasteiger partial charge on any atom is 0.158 e. The standard InChI is InChI=1S/C25H42F2O/c1-16-3-9-19(10-4-16)20-12-6-18(7-13-20)8-14-21-15-22-11-5-17(2)28-25(22)24(27)23(21)26/h16-25H,3-15H2,1-2H3. The van der Waals surface area contributed by atoms with Crippen molar-refractivity contribution in [3.63, 3.8) is 0 Å². The molecule has 162 valence electrons. The number of hydrogen-bond donors (Lipinski definition) is 0. The van der Waals surface area contributed by atoms with Gasteiger partial charge in [-0.25, -0.2) is 8.78 Å². The van der Waals surface area contributed by atoms with Gasteiger partial charge in [0, 0.05) is 0 Å². The van der Waals surface area contributed by atoms with Gasteiger partial charge in [0.1, 0.15) is 6.17 Å². The van der Waals surface area contributed by atoms with E-state index in [2.05, 4.69) is 6.92 Å². The third-order valence-corrected chi connectivity index (χ3v) is 9.04. The maximum absolute atomic E-state index is 14.8. The van der Waals surface area contributed by atoms with Crippen LogP contribution >= 0.6 is 0 Å². The van der Waals surface area contributed by atoms with Crippen LogP contribution in [0.3, 0.4) is 0 Å². The van der Waals surface area contributed by atoms with E-state index >= 15 is 0 Å². The summed E-state index contributed by atoms with van der Waals surface area (Å²) in [4.78, 5) is 0. The first-order chi connectivity index (χ1) is 13.5. The number of alkyl halides is 2. The predicted octanol–water partition coefficient (Wildman–Crippen LogP) is 7.28. The Bertz CT molecular complexity index is 479. The van der Waals surface area contributed by atoms with Gasteiger partial charge >= 0.3 is 0 Å². The molecule has 0 bridgehead atoms. The normalized spacial score (nSPS) is 50.1. The largest absolute Gasteiger partial charge is 0.372 e. The van der Waals surface area contributed by atoms with Crippen LogP contribution in [-0.2, 0) is 4.74 Å². The van der Waals surface area contributed by atoms with E-state index in [1.807, 2.05) is 6.92 Å². The predicted molar refractivity (Wildman–Crippen MR) is 111 cm³/mol. The van der Waals surface area contributed by atoms with Crippen LogP contribution in [0.1, 0.15) is 97.3 Å². The highest BCUT2D eigenvalue weighted by Gasteiger charge is 2.48. The summed E-state index contributed by atoms with van der Waals surface area (Å²) in [6, 6.07) is 0. The molecule has 28 heavy (non-hydrogen) atoms. The van der Waals surface area contributed by atoms with Gasteiger partial charge in [0.15, 0.2) is 6.17 Å². The van der Waals surface area contributed by atoms with Crippen LogP contribution in [0, 0.1) is 35.5 Å². The van der Waals surface area contributed by atoms with E-state index in [1.54, 1.807) is 0 Å². The molecule has 0 spiro atoms. The van der Waals surface area contributed by atoms with Gasteiger partial charge in [-0.3, -0.25) is 0 Å². The Hall–Kier alpha value is -0.180. The summed E-state index contributed by atoms with van der Waals surface area (Å²) < 4.78 is 35.2. The average Bonchev–Trinajstić information content (AvgIpc) is 2.71. The molecule has 0 radical (unpaired) electrons. The Kier molecular flexibility index (Phi) is 7.01. The molecular formula is C25H42F2O. The number of fused-ring (bicyclic) bond motifs is 1. The summed E-state index contributed by atoms with van der Waals surface area (Å²) in [5, 5.41) is 0. The van der Waals surface area contributed by atoms with Gasteiger partial charge in [-0.05, 0) is 93.8 Å². The van der Waals surface area contributed by atoms with E-state index in [0.717, 1.165) is 55.8 Å². The number of halogens is 2. The summed E-state index contributed by atoms with van der Waals surface area (Å²) in [5.74, 6) is 3.78. The zero-order valence-electron chi connectivity index (χ0n) is 18.1. The summed E-state index contributed by atoms with van der Waals surface area (Å²) in [7, 11) is 0.